The number of fused-ring (bicyclic) bond motifs is 1. The van der Waals surface area contributed by atoms with Crippen molar-refractivity contribution in [1.82, 2.24) is 30.4 Å². The van der Waals surface area contributed by atoms with Crippen molar-refractivity contribution >= 4 is 16.9 Å². The number of aliphatic hydroxyl groups excluding tert-OH is 1. The number of likely N-dealkylation sites (tertiary alicyclic amines) is 1. The molecule has 0 radical (unpaired) electrons. The number of aromatic nitrogens is 4. The molecule has 1 aliphatic rings. The van der Waals surface area contributed by atoms with Gasteiger partial charge < -0.3 is 25.4 Å². The van der Waals surface area contributed by atoms with Gasteiger partial charge in [-0.3, -0.25) is 5.10 Å². The molecule has 34 heavy (non-hydrogen) atoms. The third-order valence-electron chi connectivity index (χ3n) is 6.16. The van der Waals surface area contributed by atoms with Gasteiger partial charge in [0.05, 0.1) is 30.1 Å². The molecule has 10 heteroatoms. The number of aliphatic hydroxyl groups is 1. The van der Waals surface area contributed by atoms with Crippen LogP contribution in [0.5, 0.6) is 5.75 Å². The van der Waals surface area contributed by atoms with Crippen LogP contribution < -0.4 is 5.32 Å². The highest BCUT2D eigenvalue weighted by atomic mass is 19.1. The molecule has 5 N–H and O–H groups in total. The first-order valence-corrected chi connectivity index (χ1v) is 11.2. The predicted molar refractivity (Wildman–Crippen MR) is 125 cm³/mol. The summed E-state index contributed by atoms with van der Waals surface area (Å²) in [6.45, 7) is 3.11. The molecular weight excluding hydrogens is 439 g/mol. The first-order chi connectivity index (χ1) is 16.4. The van der Waals surface area contributed by atoms with Gasteiger partial charge in [0.25, 0.3) is 0 Å². The number of β-amino-alcohol motifs (C(OH)–C–C–N with tert-alkyl or cyclic N) is 1. The van der Waals surface area contributed by atoms with Gasteiger partial charge in [-0.05, 0) is 53.8 Å². The van der Waals surface area contributed by atoms with Gasteiger partial charge in [0.1, 0.15) is 5.69 Å². The Morgan fingerprint density at radius 3 is 2.94 bits per heavy atom. The number of hydrogen-bond acceptors (Lipinski definition) is 5. The number of halogens is 1. The molecule has 1 atom stereocenters. The minimum Gasteiger partial charge on any atom is -0.505 e. The van der Waals surface area contributed by atoms with Crippen LogP contribution in [0.3, 0.4) is 0 Å². The van der Waals surface area contributed by atoms with Crippen molar-refractivity contribution in [2.75, 3.05) is 13.1 Å². The number of aryl methyl sites for hydroxylation is 1. The van der Waals surface area contributed by atoms with Crippen LogP contribution in [-0.4, -0.2) is 60.5 Å². The number of carbonyl (C=O) groups excluding carboxylic acids is 1. The normalized spacial score (nSPS) is 15.9. The third-order valence-corrected chi connectivity index (χ3v) is 6.16. The largest absolute Gasteiger partial charge is 0.505 e. The number of imidazole rings is 1. The Morgan fingerprint density at radius 2 is 2.18 bits per heavy atom. The van der Waals surface area contributed by atoms with E-state index in [1.807, 2.05) is 25.1 Å². The van der Waals surface area contributed by atoms with E-state index in [4.69, 9.17) is 0 Å². The Kier molecular flexibility index (Phi) is 5.66. The Hall–Kier alpha value is -3.92. The standard InChI is InChI=1S/C24H25FN6O3/c1-2-13-8-21(33)19(25)9-18(13)14-3-4-17-20(7-14)29-30-22(17)23-26-10-15(28-23)11-27-24(34)31-6-5-16(32)12-31/h3-4,7-10,16,32-33H,2,5-6,11-12H2,1H3,(H,26,28)(H,27,34)(H,29,30). The van der Waals surface area contributed by atoms with Crippen molar-refractivity contribution in [3.63, 3.8) is 0 Å². The summed E-state index contributed by atoms with van der Waals surface area (Å²) in [5, 5.41) is 30.4. The molecule has 1 unspecified atom stereocenters. The summed E-state index contributed by atoms with van der Waals surface area (Å²) < 4.78 is 14.0. The number of amides is 2. The first-order valence-electron chi connectivity index (χ1n) is 11.2. The molecule has 4 aromatic rings. The van der Waals surface area contributed by atoms with Crippen LogP contribution in [-0.2, 0) is 13.0 Å². The minimum atomic E-state index is -0.659. The highest BCUT2D eigenvalue weighted by Gasteiger charge is 2.24. The van der Waals surface area contributed by atoms with Crippen LogP contribution in [0.15, 0.2) is 36.5 Å². The fraction of sp³-hybridized carbons (Fsp3) is 0.292. The maximum Gasteiger partial charge on any atom is 0.317 e. The molecule has 2 aromatic heterocycles. The zero-order valence-corrected chi connectivity index (χ0v) is 18.6. The molecule has 0 spiro atoms. The summed E-state index contributed by atoms with van der Waals surface area (Å²) in [5.74, 6) is -0.452. The van der Waals surface area contributed by atoms with E-state index in [-0.39, 0.29) is 18.3 Å². The Morgan fingerprint density at radius 1 is 1.32 bits per heavy atom. The topological polar surface area (TPSA) is 130 Å². The van der Waals surface area contributed by atoms with Crippen LogP contribution in [0.1, 0.15) is 24.6 Å². The number of urea groups is 1. The van der Waals surface area contributed by atoms with E-state index in [2.05, 4.69) is 25.5 Å². The lowest BCUT2D eigenvalue weighted by Crippen LogP contribution is -2.38. The second kappa shape index (κ2) is 8.79. The average molecular weight is 465 g/mol. The van der Waals surface area contributed by atoms with Gasteiger partial charge in [0.2, 0.25) is 0 Å². The van der Waals surface area contributed by atoms with E-state index in [0.29, 0.717) is 37.4 Å². The van der Waals surface area contributed by atoms with Gasteiger partial charge in [0.15, 0.2) is 17.4 Å². The Labute approximate surface area is 194 Å². The lowest BCUT2D eigenvalue weighted by Gasteiger charge is -2.15. The van der Waals surface area contributed by atoms with Crippen LogP contribution >= 0.6 is 0 Å². The van der Waals surface area contributed by atoms with Crippen molar-refractivity contribution in [2.45, 2.75) is 32.4 Å². The van der Waals surface area contributed by atoms with Gasteiger partial charge in [-0.1, -0.05) is 13.0 Å². The molecule has 0 bridgehead atoms. The molecule has 1 fully saturated rings. The SMILES string of the molecule is CCc1cc(O)c(F)cc1-c1ccc2c(-c3ncc(CNC(=O)N4CCC(O)C4)[nH]3)n[nH]c2c1. The third kappa shape index (κ3) is 4.08. The number of nitrogens with one attached hydrogen (secondary N) is 3. The molecule has 3 heterocycles. The highest BCUT2D eigenvalue weighted by Crippen LogP contribution is 2.33. The van der Waals surface area contributed by atoms with Crippen molar-refractivity contribution in [3.05, 3.63) is 53.6 Å². The van der Waals surface area contributed by atoms with Gasteiger partial charge in [-0.2, -0.15) is 5.10 Å². The number of H-pyrrole nitrogens is 2. The second-order valence-electron chi connectivity index (χ2n) is 8.45. The monoisotopic (exact) mass is 464 g/mol. The van der Waals surface area contributed by atoms with E-state index in [9.17, 15) is 19.4 Å². The minimum absolute atomic E-state index is 0.220. The summed E-state index contributed by atoms with van der Waals surface area (Å²) >= 11 is 0. The summed E-state index contributed by atoms with van der Waals surface area (Å²) in [6.07, 6.45) is 2.44. The zero-order valence-electron chi connectivity index (χ0n) is 18.6. The van der Waals surface area contributed by atoms with Crippen molar-refractivity contribution in [2.24, 2.45) is 0 Å². The average Bonchev–Trinajstić information content (AvgIpc) is 3.57. The quantitative estimate of drug-likeness (QED) is 0.309. The number of carbonyl (C=O) groups is 1. The molecule has 176 valence electrons. The number of benzene rings is 2. The van der Waals surface area contributed by atoms with Crippen molar-refractivity contribution in [1.29, 1.82) is 0 Å². The molecule has 2 aromatic carbocycles. The van der Waals surface area contributed by atoms with Crippen LogP contribution in [0.25, 0.3) is 33.5 Å². The van der Waals surface area contributed by atoms with Crippen molar-refractivity contribution < 1.29 is 19.4 Å². The van der Waals surface area contributed by atoms with E-state index in [0.717, 1.165) is 33.3 Å². The molecule has 2 amide bonds. The smallest absolute Gasteiger partial charge is 0.317 e. The molecular formula is C24H25FN6O3. The van der Waals surface area contributed by atoms with Gasteiger partial charge >= 0.3 is 6.03 Å². The number of rotatable bonds is 5. The maximum atomic E-state index is 14.0. The van der Waals surface area contributed by atoms with E-state index in [1.165, 1.54) is 12.1 Å². The number of phenols is 1. The molecule has 5 rings (SSSR count). The predicted octanol–water partition coefficient (Wildman–Crippen LogP) is 3.30. The number of hydrogen-bond donors (Lipinski definition) is 5. The summed E-state index contributed by atoms with van der Waals surface area (Å²) in [4.78, 5) is 21.4. The van der Waals surface area contributed by atoms with Crippen LogP contribution in [0, 0.1) is 5.82 Å². The highest BCUT2D eigenvalue weighted by molar-refractivity contribution is 5.94. The van der Waals surface area contributed by atoms with Gasteiger partial charge in [-0.15, -0.1) is 0 Å². The van der Waals surface area contributed by atoms with E-state index < -0.39 is 11.9 Å². The number of aromatic hydroxyl groups is 1. The van der Waals surface area contributed by atoms with E-state index in [1.54, 1.807) is 11.1 Å². The first kappa shape index (κ1) is 21.9. The number of aromatic amines is 2. The molecule has 1 aliphatic heterocycles. The Balaban J connectivity index is 1.35. The lowest BCUT2D eigenvalue weighted by molar-refractivity contribution is 0.171. The number of phenolic OH excluding ortho intramolecular Hbond substituents is 1. The molecule has 1 saturated heterocycles. The fourth-order valence-electron chi connectivity index (χ4n) is 4.31. The second-order valence-corrected chi connectivity index (χ2v) is 8.45. The molecule has 0 aliphatic carbocycles. The maximum absolute atomic E-state index is 14.0. The van der Waals surface area contributed by atoms with Crippen LogP contribution in [0.2, 0.25) is 0 Å². The van der Waals surface area contributed by atoms with Crippen molar-refractivity contribution in [3.8, 4) is 28.4 Å². The summed E-state index contributed by atoms with van der Waals surface area (Å²) in [5.41, 5.74) is 4.50. The summed E-state index contributed by atoms with van der Waals surface area (Å²) in [7, 11) is 0. The van der Waals surface area contributed by atoms with Gasteiger partial charge in [0, 0.05) is 18.5 Å². The molecule has 0 saturated carbocycles. The van der Waals surface area contributed by atoms with Gasteiger partial charge in [-0.25, -0.2) is 14.2 Å². The molecule has 9 nitrogen and oxygen atoms in total. The summed E-state index contributed by atoms with van der Waals surface area (Å²) in [6, 6.07) is 8.27. The fourth-order valence-corrected chi connectivity index (χ4v) is 4.31. The zero-order chi connectivity index (χ0) is 23.8. The number of nitrogens with zero attached hydrogens (tertiary/aromatic N) is 3. The Bertz CT molecular complexity index is 1360. The van der Waals surface area contributed by atoms with Crippen LogP contribution in [0.4, 0.5) is 9.18 Å². The van der Waals surface area contributed by atoms with E-state index >= 15 is 0 Å². The lowest BCUT2D eigenvalue weighted by atomic mass is 9.96.